The number of nitrogens with zero attached hydrogens (tertiary/aromatic N) is 2. The Balaban J connectivity index is 1.59. The van der Waals surface area contributed by atoms with Gasteiger partial charge in [-0.25, -0.2) is 5.43 Å². The molecule has 0 saturated heterocycles. The van der Waals surface area contributed by atoms with Crippen LogP contribution in [0, 0.1) is 0 Å². The molecule has 0 unspecified atom stereocenters. The average molecular weight is 452 g/mol. The summed E-state index contributed by atoms with van der Waals surface area (Å²) in [6, 6.07) is 17.8. The van der Waals surface area contributed by atoms with E-state index in [1.807, 2.05) is 42.5 Å². The van der Waals surface area contributed by atoms with Crippen molar-refractivity contribution in [2.24, 2.45) is 5.10 Å². The van der Waals surface area contributed by atoms with Gasteiger partial charge in [-0.05, 0) is 60.0 Å². The molecule has 0 bridgehead atoms. The molecule has 0 atom stereocenters. The third kappa shape index (κ3) is 6.56. The van der Waals surface area contributed by atoms with Gasteiger partial charge in [-0.15, -0.1) is 0 Å². The number of halogens is 1. The lowest BCUT2D eigenvalue weighted by molar-refractivity contribution is 0.0953. The zero-order valence-electron chi connectivity index (χ0n) is 18.0. The van der Waals surface area contributed by atoms with Gasteiger partial charge in [0.25, 0.3) is 11.5 Å². The molecule has 1 N–H and O–H groups in total. The molecule has 1 amide bonds. The van der Waals surface area contributed by atoms with Crippen molar-refractivity contribution in [2.45, 2.75) is 32.7 Å². The third-order valence-corrected chi connectivity index (χ3v) is 5.21. The smallest absolute Gasteiger partial charge is 0.276 e. The molecule has 3 rings (SSSR count). The molecule has 1 heterocycles. The van der Waals surface area contributed by atoms with Crippen LogP contribution in [0.4, 0.5) is 0 Å². The first-order valence-corrected chi connectivity index (χ1v) is 11.0. The average Bonchev–Trinajstić information content (AvgIpc) is 2.80. The predicted molar refractivity (Wildman–Crippen MR) is 128 cm³/mol. The molecule has 0 aliphatic heterocycles. The molecule has 0 aliphatic rings. The second kappa shape index (κ2) is 11.9. The van der Waals surface area contributed by atoms with Gasteiger partial charge in [-0.1, -0.05) is 49.6 Å². The summed E-state index contributed by atoms with van der Waals surface area (Å²) in [7, 11) is 0. The zero-order valence-corrected chi connectivity index (χ0v) is 18.7. The number of hydrazone groups is 1. The Morgan fingerprint density at radius 2 is 1.88 bits per heavy atom. The van der Waals surface area contributed by atoms with E-state index in [1.165, 1.54) is 16.8 Å². The Bertz CT molecular complexity index is 1120. The fourth-order valence-corrected chi connectivity index (χ4v) is 3.26. The topological polar surface area (TPSA) is 72.7 Å². The van der Waals surface area contributed by atoms with Gasteiger partial charge in [-0.2, -0.15) is 5.10 Å². The van der Waals surface area contributed by atoms with Crippen molar-refractivity contribution in [3.8, 4) is 5.75 Å². The lowest BCUT2D eigenvalue weighted by Gasteiger charge is -2.09. The molecule has 0 spiro atoms. The van der Waals surface area contributed by atoms with Crippen LogP contribution in [0.2, 0.25) is 5.02 Å². The van der Waals surface area contributed by atoms with E-state index in [1.54, 1.807) is 18.3 Å². The number of hydrogen-bond donors (Lipinski definition) is 1. The van der Waals surface area contributed by atoms with Crippen LogP contribution >= 0.6 is 11.6 Å². The number of aromatic nitrogens is 1. The van der Waals surface area contributed by atoms with E-state index in [9.17, 15) is 9.59 Å². The minimum Gasteiger partial charge on any atom is -0.494 e. The number of ether oxygens (including phenoxy) is 1. The standard InChI is InChI=1S/C25H26ClN3O3/c1-2-3-6-16-32-21-13-11-19(12-14-21)17-27-28-24(30)22-9-7-15-29(25(22)31)18-20-8-4-5-10-23(20)26/h4-5,7-15,17H,2-3,6,16,18H2,1H3,(H,28,30)/b27-17-. The Kier molecular flexibility index (Phi) is 8.63. The van der Waals surface area contributed by atoms with Gasteiger partial charge in [0.1, 0.15) is 11.3 Å². The quantitative estimate of drug-likeness (QED) is 0.271. The number of rotatable bonds is 10. The normalized spacial score (nSPS) is 10.9. The number of benzene rings is 2. The highest BCUT2D eigenvalue weighted by atomic mass is 35.5. The van der Waals surface area contributed by atoms with Crippen molar-refractivity contribution in [2.75, 3.05) is 6.61 Å². The highest BCUT2D eigenvalue weighted by molar-refractivity contribution is 6.31. The summed E-state index contributed by atoms with van der Waals surface area (Å²) in [4.78, 5) is 25.2. The molecule has 2 aromatic carbocycles. The van der Waals surface area contributed by atoms with Crippen LogP contribution in [0.3, 0.4) is 0 Å². The van der Waals surface area contributed by atoms with Crippen LogP contribution < -0.4 is 15.7 Å². The van der Waals surface area contributed by atoms with Crippen molar-refractivity contribution in [3.05, 3.63) is 98.9 Å². The van der Waals surface area contributed by atoms with Gasteiger partial charge < -0.3 is 9.30 Å². The van der Waals surface area contributed by atoms with Gasteiger partial charge in [0.05, 0.1) is 19.4 Å². The van der Waals surface area contributed by atoms with Gasteiger partial charge >= 0.3 is 0 Å². The minimum absolute atomic E-state index is 0.00697. The van der Waals surface area contributed by atoms with Crippen LogP contribution in [0.5, 0.6) is 5.75 Å². The van der Waals surface area contributed by atoms with Crippen molar-refractivity contribution in [1.29, 1.82) is 0 Å². The highest BCUT2D eigenvalue weighted by Gasteiger charge is 2.12. The van der Waals surface area contributed by atoms with E-state index in [2.05, 4.69) is 17.5 Å². The van der Waals surface area contributed by atoms with Crippen molar-refractivity contribution < 1.29 is 9.53 Å². The number of carbonyl (C=O) groups is 1. The largest absolute Gasteiger partial charge is 0.494 e. The van der Waals surface area contributed by atoms with Gasteiger partial charge in [0, 0.05) is 11.2 Å². The maximum absolute atomic E-state index is 12.7. The Labute approximate surface area is 192 Å². The molecule has 1 aromatic heterocycles. The SMILES string of the molecule is CCCCCOc1ccc(/C=N\NC(=O)c2cccn(Cc3ccccc3Cl)c2=O)cc1. The summed E-state index contributed by atoms with van der Waals surface area (Å²) in [6.07, 6.45) is 6.48. The maximum atomic E-state index is 12.7. The number of hydrogen-bond acceptors (Lipinski definition) is 4. The molecular formula is C25H26ClN3O3. The van der Waals surface area contributed by atoms with Gasteiger partial charge in [-0.3, -0.25) is 9.59 Å². The number of pyridine rings is 1. The molecule has 0 aliphatic carbocycles. The van der Waals surface area contributed by atoms with E-state index in [4.69, 9.17) is 16.3 Å². The monoisotopic (exact) mass is 451 g/mol. The van der Waals surface area contributed by atoms with Gasteiger partial charge in [0.2, 0.25) is 0 Å². The predicted octanol–water partition coefficient (Wildman–Crippen LogP) is 4.88. The molecule has 0 saturated carbocycles. The second-order valence-corrected chi connectivity index (χ2v) is 7.68. The number of nitrogens with one attached hydrogen (secondary N) is 1. The first-order valence-electron chi connectivity index (χ1n) is 10.6. The molecule has 7 heteroatoms. The molecule has 32 heavy (non-hydrogen) atoms. The second-order valence-electron chi connectivity index (χ2n) is 7.27. The molecule has 0 fully saturated rings. The first kappa shape index (κ1) is 23.3. The number of amides is 1. The summed E-state index contributed by atoms with van der Waals surface area (Å²) in [5, 5.41) is 4.53. The Morgan fingerprint density at radius 1 is 1.09 bits per heavy atom. The lowest BCUT2D eigenvalue weighted by Crippen LogP contribution is -2.30. The molecule has 0 radical (unpaired) electrons. The summed E-state index contributed by atoms with van der Waals surface area (Å²) >= 11 is 6.18. The van der Waals surface area contributed by atoms with E-state index in [-0.39, 0.29) is 12.1 Å². The fourth-order valence-electron chi connectivity index (χ4n) is 3.06. The number of unbranched alkanes of at least 4 members (excludes halogenated alkanes) is 2. The lowest BCUT2D eigenvalue weighted by atomic mass is 10.2. The van der Waals surface area contributed by atoms with Crippen LogP contribution in [0.25, 0.3) is 0 Å². The first-order chi connectivity index (χ1) is 15.6. The number of carbonyl (C=O) groups excluding carboxylic acids is 1. The van der Waals surface area contributed by atoms with E-state index < -0.39 is 11.5 Å². The Morgan fingerprint density at radius 3 is 2.62 bits per heavy atom. The summed E-state index contributed by atoms with van der Waals surface area (Å²) in [5.74, 6) is 0.223. The van der Waals surface area contributed by atoms with Crippen molar-refractivity contribution >= 4 is 23.7 Å². The summed E-state index contributed by atoms with van der Waals surface area (Å²) in [6.45, 7) is 3.12. The van der Waals surface area contributed by atoms with Crippen LogP contribution in [0.1, 0.15) is 47.7 Å². The van der Waals surface area contributed by atoms with Crippen molar-refractivity contribution in [3.63, 3.8) is 0 Å². The van der Waals surface area contributed by atoms with E-state index in [0.717, 1.165) is 36.1 Å². The molecule has 6 nitrogen and oxygen atoms in total. The van der Waals surface area contributed by atoms with Crippen molar-refractivity contribution in [1.82, 2.24) is 9.99 Å². The molecular weight excluding hydrogens is 426 g/mol. The van der Waals surface area contributed by atoms with Crippen LogP contribution in [-0.2, 0) is 6.54 Å². The van der Waals surface area contributed by atoms with Crippen LogP contribution in [-0.4, -0.2) is 23.3 Å². The van der Waals surface area contributed by atoms with E-state index >= 15 is 0 Å². The summed E-state index contributed by atoms with van der Waals surface area (Å²) < 4.78 is 7.12. The van der Waals surface area contributed by atoms with Crippen LogP contribution in [0.15, 0.2) is 76.8 Å². The highest BCUT2D eigenvalue weighted by Crippen LogP contribution is 2.15. The fraction of sp³-hybridized carbons (Fsp3) is 0.240. The minimum atomic E-state index is -0.573. The Hall–Kier alpha value is -3.38. The summed E-state index contributed by atoms with van der Waals surface area (Å²) in [5.41, 5.74) is 3.61. The third-order valence-electron chi connectivity index (χ3n) is 4.84. The van der Waals surface area contributed by atoms with Gasteiger partial charge in [0.15, 0.2) is 0 Å². The maximum Gasteiger partial charge on any atom is 0.276 e. The zero-order chi connectivity index (χ0) is 22.8. The molecule has 3 aromatic rings. The van der Waals surface area contributed by atoms with E-state index in [0.29, 0.717) is 11.6 Å². The molecule has 166 valence electrons.